The fourth-order valence-electron chi connectivity index (χ4n) is 3.68. The van der Waals surface area contributed by atoms with Crippen LogP contribution in [0.4, 0.5) is 4.79 Å². The fourth-order valence-corrected chi connectivity index (χ4v) is 4.44. The summed E-state index contributed by atoms with van der Waals surface area (Å²) in [5.74, 6) is -1.32. The lowest BCUT2D eigenvalue weighted by atomic mass is 9.91. The number of rotatable bonds is 8. The van der Waals surface area contributed by atoms with Crippen LogP contribution in [0.3, 0.4) is 0 Å². The molecule has 2 rings (SSSR count). The molecular weight excluding hydrogens is 430 g/mol. The second-order valence-corrected chi connectivity index (χ2v) is 10.7. The largest absolute Gasteiger partial charge is 0.368 e. The normalized spacial score (nSPS) is 19.5. The van der Waals surface area contributed by atoms with Gasteiger partial charge in [0.25, 0.3) is 0 Å². The molecule has 1 aliphatic heterocycles. The highest BCUT2D eigenvalue weighted by Crippen LogP contribution is 2.25. The average Bonchev–Trinajstić information content (AvgIpc) is 3.28. The average molecular weight is 466 g/mol. The van der Waals surface area contributed by atoms with Crippen molar-refractivity contribution in [2.24, 2.45) is 11.1 Å². The summed E-state index contributed by atoms with van der Waals surface area (Å²) in [5, 5.41) is 10.2. The number of carbonyl (C=O) groups excluding carboxylic acids is 4. The van der Waals surface area contributed by atoms with Gasteiger partial charge in [-0.15, -0.1) is 11.3 Å². The molecule has 9 nitrogen and oxygen atoms in total. The standard InChI is InChI=1S/C22H35N5O4S/c1-13(2)24-21(31)26-15-8-9-27(17(28)12-22(3,4)5)18(15)20(30)25-16(19(23)29)11-14-7-6-10-32-14/h6-7,10,13,15-16,18H,8-9,11-12H2,1-5H3,(H2,23,29)(H,25,30)(H2,24,26,31)/t15-,16+,18+/m1/s1. The van der Waals surface area contributed by atoms with Crippen LogP contribution in [0.15, 0.2) is 17.5 Å². The minimum Gasteiger partial charge on any atom is -0.368 e. The van der Waals surface area contributed by atoms with Gasteiger partial charge in [-0.1, -0.05) is 26.8 Å². The molecule has 178 valence electrons. The molecule has 0 aliphatic carbocycles. The topological polar surface area (TPSA) is 134 Å². The number of urea groups is 1. The van der Waals surface area contributed by atoms with E-state index in [1.807, 2.05) is 52.1 Å². The van der Waals surface area contributed by atoms with Crippen LogP contribution in [0.2, 0.25) is 0 Å². The van der Waals surface area contributed by atoms with Gasteiger partial charge in [-0.3, -0.25) is 14.4 Å². The van der Waals surface area contributed by atoms with Crippen molar-refractivity contribution in [3.8, 4) is 0 Å². The zero-order valence-corrected chi connectivity index (χ0v) is 20.3. The number of nitrogens with zero attached hydrogens (tertiary/aromatic N) is 1. The van der Waals surface area contributed by atoms with Gasteiger partial charge in [0, 0.05) is 30.3 Å². The summed E-state index contributed by atoms with van der Waals surface area (Å²) >= 11 is 1.47. The summed E-state index contributed by atoms with van der Waals surface area (Å²) in [6, 6.07) is 0.830. The molecule has 0 unspecified atom stereocenters. The van der Waals surface area contributed by atoms with Gasteiger partial charge in [0.15, 0.2) is 0 Å². The first kappa shape index (κ1) is 25.6. The van der Waals surface area contributed by atoms with Crippen LogP contribution in [0, 0.1) is 5.41 Å². The molecule has 1 fully saturated rings. The Morgan fingerprint density at radius 3 is 2.44 bits per heavy atom. The lowest BCUT2D eigenvalue weighted by Crippen LogP contribution is -2.59. The van der Waals surface area contributed by atoms with Crippen molar-refractivity contribution in [1.82, 2.24) is 20.9 Å². The predicted octanol–water partition coefficient (Wildman–Crippen LogP) is 1.37. The maximum absolute atomic E-state index is 13.3. The van der Waals surface area contributed by atoms with E-state index in [0.29, 0.717) is 13.0 Å². The third-order valence-electron chi connectivity index (χ3n) is 5.05. The van der Waals surface area contributed by atoms with E-state index in [9.17, 15) is 19.2 Å². The van der Waals surface area contributed by atoms with Gasteiger partial charge < -0.3 is 26.6 Å². The Morgan fingerprint density at radius 2 is 1.91 bits per heavy atom. The van der Waals surface area contributed by atoms with E-state index >= 15 is 0 Å². The number of nitrogens with one attached hydrogen (secondary N) is 3. The zero-order valence-electron chi connectivity index (χ0n) is 19.4. The molecule has 32 heavy (non-hydrogen) atoms. The van der Waals surface area contributed by atoms with Gasteiger partial charge in [-0.25, -0.2) is 4.79 Å². The quantitative estimate of drug-likeness (QED) is 0.461. The minimum atomic E-state index is -0.923. The van der Waals surface area contributed by atoms with Crippen LogP contribution in [-0.2, 0) is 20.8 Å². The smallest absolute Gasteiger partial charge is 0.315 e. The molecule has 1 aromatic heterocycles. The minimum absolute atomic E-state index is 0.0765. The highest BCUT2D eigenvalue weighted by Gasteiger charge is 2.44. The van der Waals surface area contributed by atoms with E-state index in [4.69, 9.17) is 5.73 Å². The van der Waals surface area contributed by atoms with Gasteiger partial charge in [0.1, 0.15) is 12.1 Å². The Labute approximate surface area is 193 Å². The van der Waals surface area contributed by atoms with Crippen LogP contribution >= 0.6 is 11.3 Å². The van der Waals surface area contributed by atoms with Crippen molar-refractivity contribution in [2.45, 2.75) is 78.0 Å². The highest BCUT2D eigenvalue weighted by atomic mass is 32.1. The van der Waals surface area contributed by atoms with E-state index in [0.717, 1.165) is 4.88 Å². The molecule has 0 aromatic carbocycles. The molecule has 10 heteroatoms. The van der Waals surface area contributed by atoms with Crippen molar-refractivity contribution in [1.29, 1.82) is 0 Å². The predicted molar refractivity (Wildman–Crippen MR) is 124 cm³/mol. The van der Waals surface area contributed by atoms with E-state index in [1.165, 1.54) is 16.2 Å². The van der Waals surface area contributed by atoms with E-state index in [1.54, 1.807) is 0 Å². The molecule has 2 heterocycles. The first-order valence-electron chi connectivity index (χ1n) is 10.9. The van der Waals surface area contributed by atoms with E-state index < -0.39 is 36.0 Å². The SMILES string of the molecule is CC(C)NC(=O)N[C@@H]1CCN(C(=O)CC(C)(C)C)[C@@H]1C(=O)N[C@@H](Cc1cccs1)C(N)=O. The van der Waals surface area contributed by atoms with Gasteiger partial charge in [-0.2, -0.15) is 0 Å². The Bertz CT molecular complexity index is 819. The molecule has 1 saturated heterocycles. The van der Waals surface area contributed by atoms with Crippen LogP contribution in [-0.4, -0.2) is 59.4 Å². The van der Waals surface area contributed by atoms with Crippen LogP contribution in [0.25, 0.3) is 0 Å². The third kappa shape index (κ3) is 7.51. The van der Waals surface area contributed by atoms with Gasteiger partial charge in [-0.05, 0) is 37.1 Å². The Kier molecular flexibility index (Phi) is 8.65. The second-order valence-electron chi connectivity index (χ2n) is 9.68. The number of amides is 5. The maximum Gasteiger partial charge on any atom is 0.315 e. The summed E-state index contributed by atoms with van der Waals surface area (Å²) in [7, 11) is 0. The van der Waals surface area contributed by atoms with Crippen molar-refractivity contribution in [3.05, 3.63) is 22.4 Å². The number of hydrogen-bond acceptors (Lipinski definition) is 5. The Hall–Kier alpha value is -2.62. The first-order valence-corrected chi connectivity index (χ1v) is 11.7. The number of primary amides is 1. The van der Waals surface area contributed by atoms with Crippen LogP contribution in [0.5, 0.6) is 0 Å². The molecule has 0 bridgehead atoms. The van der Waals surface area contributed by atoms with E-state index in [-0.39, 0.29) is 30.2 Å². The third-order valence-corrected chi connectivity index (χ3v) is 5.95. The molecule has 3 atom stereocenters. The molecule has 5 N–H and O–H groups in total. The first-order chi connectivity index (χ1) is 14.9. The van der Waals surface area contributed by atoms with Crippen molar-refractivity contribution < 1.29 is 19.2 Å². The molecular formula is C22H35N5O4S. The van der Waals surface area contributed by atoms with Crippen molar-refractivity contribution in [2.75, 3.05) is 6.54 Å². The number of likely N-dealkylation sites (tertiary alicyclic amines) is 1. The lowest BCUT2D eigenvalue weighted by Gasteiger charge is -2.31. The molecule has 0 saturated carbocycles. The molecule has 1 aliphatic rings. The fraction of sp³-hybridized carbons (Fsp3) is 0.636. The maximum atomic E-state index is 13.3. The molecule has 0 spiro atoms. The summed E-state index contributed by atoms with van der Waals surface area (Å²) in [4.78, 5) is 53.0. The molecule has 0 radical (unpaired) electrons. The summed E-state index contributed by atoms with van der Waals surface area (Å²) in [6.07, 6.45) is 0.967. The van der Waals surface area contributed by atoms with Crippen LogP contribution < -0.4 is 21.7 Å². The number of hydrogen-bond donors (Lipinski definition) is 4. The number of nitrogens with two attached hydrogens (primary N) is 1. The monoisotopic (exact) mass is 465 g/mol. The number of thiophene rings is 1. The van der Waals surface area contributed by atoms with Gasteiger partial charge in [0.05, 0.1) is 6.04 Å². The van der Waals surface area contributed by atoms with Crippen LogP contribution in [0.1, 0.15) is 52.3 Å². The lowest BCUT2D eigenvalue weighted by molar-refractivity contribution is -0.141. The summed E-state index contributed by atoms with van der Waals surface area (Å²) in [6.45, 7) is 9.86. The molecule has 5 amide bonds. The summed E-state index contributed by atoms with van der Waals surface area (Å²) < 4.78 is 0. The van der Waals surface area contributed by atoms with Crippen molar-refractivity contribution >= 4 is 35.1 Å². The highest BCUT2D eigenvalue weighted by molar-refractivity contribution is 7.09. The summed E-state index contributed by atoms with van der Waals surface area (Å²) in [5.41, 5.74) is 5.28. The second kappa shape index (κ2) is 10.8. The Balaban J connectivity index is 2.21. The van der Waals surface area contributed by atoms with Gasteiger partial charge in [0.2, 0.25) is 17.7 Å². The van der Waals surface area contributed by atoms with Gasteiger partial charge >= 0.3 is 6.03 Å². The Morgan fingerprint density at radius 1 is 1.22 bits per heavy atom. The molecule has 1 aromatic rings. The van der Waals surface area contributed by atoms with E-state index in [2.05, 4.69) is 16.0 Å². The van der Waals surface area contributed by atoms with Crippen molar-refractivity contribution in [3.63, 3.8) is 0 Å². The zero-order chi connectivity index (χ0) is 24.1. The number of carbonyl (C=O) groups is 4.